The van der Waals surface area contributed by atoms with Gasteiger partial charge in [-0.25, -0.2) is 0 Å². The summed E-state index contributed by atoms with van der Waals surface area (Å²) in [5, 5.41) is 10.5. The van der Waals surface area contributed by atoms with E-state index in [1.165, 1.54) is 0 Å². The quantitative estimate of drug-likeness (QED) is 0.740. The van der Waals surface area contributed by atoms with Crippen LogP contribution in [0.2, 0.25) is 0 Å². The van der Waals surface area contributed by atoms with Crippen LogP contribution in [0, 0.1) is 0 Å². The second kappa shape index (κ2) is 8.26. The van der Waals surface area contributed by atoms with E-state index < -0.39 is 0 Å². The molecule has 0 spiro atoms. The van der Waals surface area contributed by atoms with Gasteiger partial charge in [0.25, 0.3) is 11.8 Å². The fraction of sp³-hybridized carbons (Fsp3) is 0.273. The van der Waals surface area contributed by atoms with Crippen LogP contribution in [0.4, 0.5) is 5.69 Å². The van der Waals surface area contributed by atoms with Crippen molar-refractivity contribution in [2.75, 3.05) is 11.9 Å². The van der Waals surface area contributed by atoms with Crippen LogP contribution in [-0.4, -0.2) is 44.1 Å². The summed E-state index contributed by atoms with van der Waals surface area (Å²) in [5.74, 6) is -0.289. The lowest BCUT2D eigenvalue weighted by Crippen LogP contribution is -2.42. The molecule has 4 rings (SSSR count). The van der Waals surface area contributed by atoms with Gasteiger partial charge in [0.15, 0.2) is 0 Å². The van der Waals surface area contributed by atoms with Gasteiger partial charge in [0.05, 0.1) is 11.3 Å². The number of aromatic nitrogens is 3. The summed E-state index contributed by atoms with van der Waals surface area (Å²) in [6.07, 6.45) is 6.37. The van der Waals surface area contributed by atoms with E-state index in [1.807, 2.05) is 29.2 Å². The highest BCUT2D eigenvalue weighted by atomic mass is 16.2. The van der Waals surface area contributed by atoms with Crippen molar-refractivity contribution in [1.82, 2.24) is 19.7 Å². The lowest BCUT2D eigenvalue weighted by Gasteiger charge is -2.33. The summed E-state index contributed by atoms with van der Waals surface area (Å²) in [6, 6.07) is 14.5. The molecule has 1 aliphatic heterocycles. The van der Waals surface area contributed by atoms with Gasteiger partial charge in [0.1, 0.15) is 12.7 Å². The minimum Gasteiger partial charge on any atom is -0.336 e. The first kappa shape index (κ1) is 18.9. The van der Waals surface area contributed by atoms with Gasteiger partial charge < -0.3 is 10.2 Å². The SMILES string of the molecule is CC1CCCCN1C(=O)c1ccccc1NC(=O)c1ccc(-n2cnnc2)cc1. The molecule has 0 bridgehead atoms. The number of likely N-dealkylation sites (tertiary alicyclic amines) is 1. The zero-order valence-corrected chi connectivity index (χ0v) is 16.3. The Labute approximate surface area is 169 Å². The van der Waals surface area contributed by atoms with Crippen LogP contribution >= 0.6 is 0 Å². The molecule has 1 aromatic heterocycles. The van der Waals surface area contributed by atoms with Gasteiger partial charge in [-0.1, -0.05) is 12.1 Å². The largest absolute Gasteiger partial charge is 0.336 e. The van der Waals surface area contributed by atoms with Crippen LogP contribution in [0.5, 0.6) is 0 Å². The Hall–Kier alpha value is -3.48. The summed E-state index contributed by atoms with van der Waals surface area (Å²) in [4.78, 5) is 27.8. The van der Waals surface area contributed by atoms with Crippen molar-refractivity contribution in [3.05, 3.63) is 72.3 Å². The van der Waals surface area contributed by atoms with E-state index in [1.54, 1.807) is 41.5 Å². The van der Waals surface area contributed by atoms with Crippen molar-refractivity contribution in [1.29, 1.82) is 0 Å². The minimum absolute atomic E-state index is 0.0314. The maximum Gasteiger partial charge on any atom is 0.256 e. The number of anilines is 1. The van der Waals surface area contributed by atoms with Crippen molar-refractivity contribution >= 4 is 17.5 Å². The van der Waals surface area contributed by atoms with Crippen LogP contribution in [0.3, 0.4) is 0 Å². The maximum absolute atomic E-state index is 13.1. The first-order chi connectivity index (χ1) is 14.1. The predicted molar refractivity (Wildman–Crippen MR) is 110 cm³/mol. The van der Waals surface area contributed by atoms with Gasteiger partial charge in [-0.2, -0.15) is 0 Å². The minimum atomic E-state index is -0.257. The molecule has 148 valence electrons. The van der Waals surface area contributed by atoms with Gasteiger partial charge >= 0.3 is 0 Å². The average Bonchev–Trinajstić information content (AvgIpc) is 3.29. The fourth-order valence-corrected chi connectivity index (χ4v) is 3.65. The highest BCUT2D eigenvalue weighted by Gasteiger charge is 2.26. The number of hydrogen-bond acceptors (Lipinski definition) is 4. The van der Waals surface area contributed by atoms with Crippen molar-refractivity contribution in [2.24, 2.45) is 0 Å². The third-order valence-corrected chi connectivity index (χ3v) is 5.32. The number of carbonyl (C=O) groups excluding carboxylic acids is 2. The molecule has 2 amide bonds. The lowest BCUT2D eigenvalue weighted by atomic mass is 10.0. The fourth-order valence-electron chi connectivity index (χ4n) is 3.65. The molecule has 2 aromatic carbocycles. The zero-order valence-electron chi connectivity index (χ0n) is 16.3. The monoisotopic (exact) mass is 389 g/mol. The number of carbonyl (C=O) groups is 2. The molecule has 3 aromatic rings. The van der Waals surface area contributed by atoms with Crippen LogP contribution in [-0.2, 0) is 0 Å². The summed E-state index contributed by atoms with van der Waals surface area (Å²) in [5.41, 5.74) is 2.43. The first-order valence-corrected chi connectivity index (χ1v) is 9.80. The van der Waals surface area contributed by atoms with E-state index in [9.17, 15) is 9.59 Å². The Morgan fingerprint density at radius 3 is 2.45 bits per heavy atom. The van der Waals surface area contributed by atoms with Gasteiger partial charge in [0, 0.05) is 23.8 Å². The number of nitrogens with zero attached hydrogens (tertiary/aromatic N) is 4. The molecule has 1 N–H and O–H groups in total. The molecule has 1 saturated heterocycles. The third kappa shape index (κ3) is 4.03. The summed E-state index contributed by atoms with van der Waals surface area (Å²) in [7, 11) is 0. The number of amides is 2. The number of nitrogens with one attached hydrogen (secondary N) is 1. The van der Waals surface area contributed by atoms with Crippen molar-refractivity contribution in [3.8, 4) is 5.69 Å². The number of hydrogen-bond donors (Lipinski definition) is 1. The molecular formula is C22H23N5O2. The molecule has 1 unspecified atom stereocenters. The number of rotatable bonds is 4. The van der Waals surface area contributed by atoms with Crippen LogP contribution in [0.1, 0.15) is 46.9 Å². The van der Waals surface area contributed by atoms with E-state index in [0.29, 0.717) is 16.8 Å². The maximum atomic E-state index is 13.1. The molecule has 0 radical (unpaired) electrons. The Morgan fingerprint density at radius 1 is 1.00 bits per heavy atom. The Kier molecular flexibility index (Phi) is 5.37. The Bertz CT molecular complexity index is 998. The van der Waals surface area contributed by atoms with E-state index in [0.717, 1.165) is 31.5 Å². The molecule has 1 aliphatic rings. The first-order valence-electron chi connectivity index (χ1n) is 9.80. The predicted octanol–water partition coefficient (Wildman–Crippen LogP) is 3.53. The smallest absolute Gasteiger partial charge is 0.256 e. The second-order valence-corrected chi connectivity index (χ2v) is 7.26. The van der Waals surface area contributed by atoms with Gasteiger partial charge in [0.2, 0.25) is 0 Å². The summed E-state index contributed by atoms with van der Waals surface area (Å²) < 4.78 is 1.76. The second-order valence-electron chi connectivity index (χ2n) is 7.26. The molecule has 0 saturated carbocycles. The normalized spacial score (nSPS) is 16.4. The van der Waals surface area contributed by atoms with Crippen molar-refractivity contribution in [3.63, 3.8) is 0 Å². The van der Waals surface area contributed by atoms with E-state index >= 15 is 0 Å². The standard InChI is InChI=1S/C22H23N5O2/c1-16-6-4-5-13-27(16)22(29)19-7-2-3-8-20(19)25-21(28)17-9-11-18(12-10-17)26-14-23-24-15-26/h2-3,7-12,14-16H,4-6,13H2,1H3,(H,25,28). The summed E-state index contributed by atoms with van der Waals surface area (Å²) in [6.45, 7) is 2.84. The van der Waals surface area contributed by atoms with E-state index in [4.69, 9.17) is 0 Å². The number of piperidine rings is 1. The van der Waals surface area contributed by atoms with E-state index in [-0.39, 0.29) is 17.9 Å². The molecular weight excluding hydrogens is 366 g/mol. The molecule has 1 fully saturated rings. The van der Waals surface area contributed by atoms with Gasteiger partial charge in [-0.05, 0) is 62.6 Å². The zero-order chi connectivity index (χ0) is 20.2. The molecule has 7 heteroatoms. The molecule has 29 heavy (non-hydrogen) atoms. The molecule has 2 heterocycles. The van der Waals surface area contributed by atoms with Crippen LogP contribution < -0.4 is 5.32 Å². The summed E-state index contributed by atoms with van der Waals surface area (Å²) >= 11 is 0. The van der Waals surface area contributed by atoms with Crippen molar-refractivity contribution in [2.45, 2.75) is 32.2 Å². The molecule has 7 nitrogen and oxygen atoms in total. The highest BCUT2D eigenvalue weighted by Crippen LogP contribution is 2.24. The highest BCUT2D eigenvalue weighted by molar-refractivity contribution is 6.09. The van der Waals surface area contributed by atoms with Crippen LogP contribution in [0.25, 0.3) is 5.69 Å². The van der Waals surface area contributed by atoms with Crippen LogP contribution in [0.15, 0.2) is 61.2 Å². The number of para-hydroxylation sites is 1. The van der Waals surface area contributed by atoms with Gasteiger partial charge in [-0.15, -0.1) is 10.2 Å². The third-order valence-electron chi connectivity index (χ3n) is 5.32. The Morgan fingerprint density at radius 2 is 1.72 bits per heavy atom. The van der Waals surface area contributed by atoms with E-state index in [2.05, 4.69) is 22.4 Å². The topological polar surface area (TPSA) is 80.1 Å². The Balaban J connectivity index is 1.52. The van der Waals surface area contributed by atoms with Crippen molar-refractivity contribution < 1.29 is 9.59 Å². The molecule has 0 aliphatic carbocycles. The number of benzene rings is 2. The lowest BCUT2D eigenvalue weighted by molar-refractivity contribution is 0.0636. The van der Waals surface area contributed by atoms with Gasteiger partial charge in [-0.3, -0.25) is 14.2 Å². The molecule has 1 atom stereocenters. The average molecular weight is 389 g/mol.